The van der Waals surface area contributed by atoms with Gasteiger partial charge in [0.05, 0.1) is 31.9 Å². The fourth-order valence-corrected chi connectivity index (χ4v) is 2.77. The second kappa shape index (κ2) is 7.31. The number of amides is 1. The number of aliphatic hydroxyl groups excluding tert-OH is 1. The molecule has 1 fully saturated rings. The molecule has 0 radical (unpaired) electrons. The minimum Gasteiger partial charge on any atom is -0.493 e. The van der Waals surface area contributed by atoms with E-state index in [1.807, 2.05) is 0 Å². The molecular formula is C16H23NO4. The molecule has 1 saturated carbocycles. The van der Waals surface area contributed by atoms with Crippen molar-refractivity contribution in [1.29, 1.82) is 0 Å². The maximum absolute atomic E-state index is 12.5. The van der Waals surface area contributed by atoms with Crippen LogP contribution in [0.2, 0.25) is 0 Å². The molecule has 2 atom stereocenters. The lowest BCUT2D eigenvalue weighted by Gasteiger charge is -2.22. The molecular weight excluding hydrogens is 270 g/mol. The van der Waals surface area contributed by atoms with Crippen LogP contribution in [0.4, 0.5) is 0 Å². The average molecular weight is 293 g/mol. The summed E-state index contributed by atoms with van der Waals surface area (Å²) in [6, 6.07) is 4.99. The predicted octanol–water partition coefficient (Wildman–Crippen LogP) is 2.13. The molecule has 1 amide bonds. The van der Waals surface area contributed by atoms with Crippen LogP contribution in [0.15, 0.2) is 18.2 Å². The van der Waals surface area contributed by atoms with Crippen LogP contribution in [0.5, 0.6) is 11.5 Å². The zero-order chi connectivity index (χ0) is 15.2. The third-order valence-corrected chi connectivity index (χ3v) is 3.94. The van der Waals surface area contributed by atoms with Gasteiger partial charge in [0.15, 0.2) is 11.5 Å². The molecule has 5 nitrogen and oxygen atoms in total. The lowest BCUT2D eigenvalue weighted by Crippen LogP contribution is -2.42. The zero-order valence-corrected chi connectivity index (χ0v) is 12.6. The molecule has 1 aliphatic rings. The van der Waals surface area contributed by atoms with Gasteiger partial charge in [0.25, 0.3) is 5.91 Å². The number of ether oxygens (including phenoxy) is 2. The van der Waals surface area contributed by atoms with E-state index in [1.54, 1.807) is 18.2 Å². The summed E-state index contributed by atoms with van der Waals surface area (Å²) in [6.07, 6.45) is 4.20. The third-order valence-electron chi connectivity index (χ3n) is 3.94. The summed E-state index contributed by atoms with van der Waals surface area (Å²) < 4.78 is 10.5. The van der Waals surface area contributed by atoms with E-state index in [2.05, 4.69) is 5.32 Å². The number of carbonyl (C=O) groups excluding carboxylic acids is 1. The monoisotopic (exact) mass is 293 g/mol. The molecule has 1 aromatic carbocycles. The first-order chi connectivity index (χ1) is 10.2. The Hall–Kier alpha value is -1.75. The highest BCUT2D eigenvalue weighted by Gasteiger charge is 2.25. The predicted molar refractivity (Wildman–Crippen MR) is 79.9 cm³/mol. The molecule has 0 saturated heterocycles. The van der Waals surface area contributed by atoms with Gasteiger partial charge in [0, 0.05) is 0 Å². The summed E-state index contributed by atoms with van der Waals surface area (Å²) in [7, 11) is 3.05. The van der Waals surface area contributed by atoms with Crippen LogP contribution in [-0.4, -0.2) is 37.4 Å². The van der Waals surface area contributed by atoms with Crippen LogP contribution in [0.25, 0.3) is 0 Å². The number of benzene rings is 1. The molecule has 0 aliphatic heterocycles. The Kier molecular flexibility index (Phi) is 5.44. The SMILES string of the molecule is COc1cccc(C(=O)NC2CCCCCC2O)c1OC. The molecule has 2 rings (SSSR count). The summed E-state index contributed by atoms with van der Waals surface area (Å²) in [6.45, 7) is 0. The third kappa shape index (κ3) is 3.67. The average Bonchev–Trinajstić information content (AvgIpc) is 2.71. The Bertz CT molecular complexity index is 489. The highest BCUT2D eigenvalue weighted by atomic mass is 16.5. The first-order valence-electron chi connectivity index (χ1n) is 7.37. The molecule has 21 heavy (non-hydrogen) atoms. The van der Waals surface area contributed by atoms with Gasteiger partial charge in [-0.25, -0.2) is 0 Å². The van der Waals surface area contributed by atoms with E-state index in [0.29, 0.717) is 17.1 Å². The van der Waals surface area contributed by atoms with Crippen molar-refractivity contribution in [2.24, 2.45) is 0 Å². The van der Waals surface area contributed by atoms with Crippen LogP contribution in [0.1, 0.15) is 42.5 Å². The van der Waals surface area contributed by atoms with E-state index in [0.717, 1.165) is 32.1 Å². The lowest BCUT2D eigenvalue weighted by molar-refractivity contribution is 0.0815. The van der Waals surface area contributed by atoms with Gasteiger partial charge < -0.3 is 19.9 Å². The van der Waals surface area contributed by atoms with Crippen molar-refractivity contribution in [2.45, 2.75) is 44.2 Å². The second-order valence-corrected chi connectivity index (χ2v) is 5.33. The molecule has 0 aromatic heterocycles. The Balaban J connectivity index is 2.16. The van der Waals surface area contributed by atoms with Gasteiger partial charge in [0.1, 0.15) is 0 Å². The van der Waals surface area contributed by atoms with Crippen LogP contribution < -0.4 is 14.8 Å². The molecule has 5 heteroatoms. The van der Waals surface area contributed by atoms with Crippen molar-refractivity contribution in [3.63, 3.8) is 0 Å². The summed E-state index contributed by atoms with van der Waals surface area (Å²) in [4.78, 5) is 12.5. The van der Waals surface area contributed by atoms with Crippen molar-refractivity contribution >= 4 is 5.91 Å². The Morgan fingerprint density at radius 1 is 1.19 bits per heavy atom. The smallest absolute Gasteiger partial charge is 0.255 e. The van der Waals surface area contributed by atoms with Gasteiger partial charge >= 0.3 is 0 Å². The minimum atomic E-state index is -0.479. The van der Waals surface area contributed by atoms with Crippen molar-refractivity contribution in [3.05, 3.63) is 23.8 Å². The molecule has 0 heterocycles. The first kappa shape index (κ1) is 15.6. The van der Waals surface area contributed by atoms with Gasteiger partial charge in [0.2, 0.25) is 0 Å². The van der Waals surface area contributed by atoms with Crippen LogP contribution in [-0.2, 0) is 0 Å². The Morgan fingerprint density at radius 3 is 2.67 bits per heavy atom. The second-order valence-electron chi connectivity index (χ2n) is 5.33. The van der Waals surface area contributed by atoms with Crippen molar-refractivity contribution in [1.82, 2.24) is 5.32 Å². The lowest BCUT2D eigenvalue weighted by atomic mass is 10.0. The minimum absolute atomic E-state index is 0.198. The van der Waals surface area contributed by atoms with Gasteiger partial charge in [-0.3, -0.25) is 4.79 Å². The van der Waals surface area contributed by atoms with Crippen molar-refractivity contribution in [3.8, 4) is 11.5 Å². The number of aliphatic hydroxyl groups is 1. The number of methoxy groups -OCH3 is 2. The Labute approximate surface area is 125 Å². The highest BCUT2D eigenvalue weighted by Crippen LogP contribution is 2.31. The van der Waals surface area contributed by atoms with Crippen LogP contribution in [0, 0.1) is 0 Å². The highest BCUT2D eigenvalue weighted by molar-refractivity contribution is 5.98. The normalized spacial score (nSPS) is 22.2. The van der Waals surface area contributed by atoms with Crippen LogP contribution >= 0.6 is 0 Å². The number of para-hydroxylation sites is 1. The fourth-order valence-electron chi connectivity index (χ4n) is 2.77. The van der Waals surface area contributed by atoms with E-state index in [-0.39, 0.29) is 11.9 Å². The van der Waals surface area contributed by atoms with Gasteiger partial charge in [-0.05, 0) is 25.0 Å². The quantitative estimate of drug-likeness (QED) is 0.835. The fraction of sp³-hybridized carbons (Fsp3) is 0.562. The Morgan fingerprint density at radius 2 is 1.95 bits per heavy atom. The summed E-state index contributed by atoms with van der Waals surface area (Å²) in [5.41, 5.74) is 0.424. The van der Waals surface area contributed by atoms with Crippen LogP contribution in [0.3, 0.4) is 0 Å². The van der Waals surface area contributed by atoms with Gasteiger partial charge in [-0.1, -0.05) is 25.3 Å². The van der Waals surface area contributed by atoms with Crippen molar-refractivity contribution in [2.75, 3.05) is 14.2 Å². The van der Waals surface area contributed by atoms with E-state index >= 15 is 0 Å². The maximum Gasteiger partial charge on any atom is 0.255 e. The standard InChI is InChI=1S/C16H23NO4/c1-20-14-10-6-7-11(15(14)21-2)16(19)17-12-8-4-3-5-9-13(12)18/h6-7,10,12-13,18H,3-5,8-9H2,1-2H3,(H,17,19). The molecule has 1 aromatic rings. The molecule has 1 aliphatic carbocycles. The largest absolute Gasteiger partial charge is 0.493 e. The number of nitrogens with one attached hydrogen (secondary N) is 1. The zero-order valence-electron chi connectivity index (χ0n) is 12.6. The number of carbonyl (C=O) groups is 1. The van der Waals surface area contributed by atoms with Gasteiger partial charge in [-0.15, -0.1) is 0 Å². The summed E-state index contributed by atoms with van der Waals surface area (Å²) in [5.74, 6) is 0.698. The van der Waals surface area contributed by atoms with E-state index in [1.165, 1.54) is 14.2 Å². The summed E-state index contributed by atoms with van der Waals surface area (Å²) >= 11 is 0. The molecule has 2 unspecified atom stereocenters. The van der Waals surface area contributed by atoms with E-state index < -0.39 is 6.10 Å². The number of hydrogen-bond donors (Lipinski definition) is 2. The number of rotatable bonds is 4. The molecule has 0 spiro atoms. The molecule has 116 valence electrons. The molecule has 0 bridgehead atoms. The summed E-state index contributed by atoms with van der Waals surface area (Å²) in [5, 5.41) is 13.0. The maximum atomic E-state index is 12.5. The topological polar surface area (TPSA) is 67.8 Å². The number of hydrogen-bond acceptors (Lipinski definition) is 4. The van der Waals surface area contributed by atoms with E-state index in [4.69, 9.17) is 9.47 Å². The molecule has 2 N–H and O–H groups in total. The first-order valence-corrected chi connectivity index (χ1v) is 7.37. The van der Waals surface area contributed by atoms with Crippen molar-refractivity contribution < 1.29 is 19.4 Å². The van der Waals surface area contributed by atoms with Gasteiger partial charge in [-0.2, -0.15) is 0 Å². The van der Waals surface area contributed by atoms with E-state index in [9.17, 15) is 9.90 Å².